The predicted octanol–water partition coefficient (Wildman–Crippen LogP) is 4.23. The molecule has 0 fully saturated rings. The van der Waals surface area contributed by atoms with Gasteiger partial charge in [0.15, 0.2) is 0 Å². The molecule has 2 aromatic rings. The molecule has 0 atom stereocenters. The number of nitrogens with zero attached hydrogens (tertiary/aromatic N) is 2. The number of hydrogen-bond donors (Lipinski definition) is 2. The van der Waals surface area contributed by atoms with E-state index in [0.29, 0.717) is 19.5 Å². The van der Waals surface area contributed by atoms with E-state index in [9.17, 15) is 4.79 Å². The maximum atomic E-state index is 12.5. The Morgan fingerprint density at radius 3 is 2.64 bits per heavy atom. The topological polar surface area (TPSA) is 74.7 Å². The lowest BCUT2D eigenvalue weighted by molar-refractivity contribution is 0.0202. The molecule has 0 radical (unpaired) electrons. The molecule has 0 unspecified atom stereocenters. The molecule has 0 aliphatic heterocycles. The second-order valence-corrected chi connectivity index (χ2v) is 9.33. The molecule has 0 spiro atoms. The average Bonchev–Trinajstić information content (AvgIpc) is 2.62. The van der Waals surface area contributed by atoms with Crippen LogP contribution in [0, 0.1) is 0 Å². The standard InChI is InChI=1S/C21H31N3O3S/c1-20(2,3)27-19(26)24(11-6-12-25)15-21(4,5)23-28-18-8-7-17-14-22-10-9-16(17)13-18/h7-10,13-14,23,25H,6,11-12,15H2,1-5H3. The maximum Gasteiger partial charge on any atom is 0.410 e. The number of aromatic nitrogens is 1. The number of benzene rings is 1. The van der Waals surface area contributed by atoms with E-state index >= 15 is 0 Å². The van der Waals surface area contributed by atoms with Crippen LogP contribution in [-0.2, 0) is 4.74 Å². The van der Waals surface area contributed by atoms with Crippen molar-refractivity contribution in [3.63, 3.8) is 0 Å². The lowest BCUT2D eigenvalue weighted by Crippen LogP contribution is -2.50. The van der Waals surface area contributed by atoms with Crippen LogP contribution in [-0.4, -0.2) is 51.9 Å². The predicted molar refractivity (Wildman–Crippen MR) is 114 cm³/mol. The van der Waals surface area contributed by atoms with Crippen molar-refractivity contribution in [2.45, 2.75) is 57.1 Å². The van der Waals surface area contributed by atoms with Crippen molar-refractivity contribution in [1.82, 2.24) is 14.6 Å². The molecule has 0 bridgehead atoms. The van der Waals surface area contributed by atoms with Gasteiger partial charge in [-0.3, -0.25) is 9.71 Å². The molecule has 7 heteroatoms. The Labute approximate surface area is 171 Å². The van der Waals surface area contributed by atoms with Crippen molar-refractivity contribution >= 4 is 28.8 Å². The maximum absolute atomic E-state index is 12.5. The summed E-state index contributed by atoms with van der Waals surface area (Å²) in [6, 6.07) is 8.20. The minimum absolute atomic E-state index is 0.0356. The van der Waals surface area contributed by atoms with Gasteiger partial charge in [-0.15, -0.1) is 0 Å². The molecule has 0 saturated heterocycles. The molecule has 1 heterocycles. The number of pyridine rings is 1. The quantitative estimate of drug-likeness (QED) is 0.640. The van der Waals surface area contributed by atoms with Gasteiger partial charge in [0, 0.05) is 47.9 Å². The number of amides is 1. The second kappa shape index (κ2) is 9.58. The highest BCUT2D eigenvalue weighted by atomic mass is 32.2. The number of ether oxygens (including phenoxy) is 1. The number of carbonyl (C=O) groups is 1. The van der Waals surface area contributed by atoms with Crippen molar-refractivity contribution in [3.8, 4) is 0 Å². The lowest BCUT2D eigenvalue weighted by Gasteiger charge is -2.34. The summed E-state index contributed by atoms with van der Waals surface area (Å²) in [5.41, 5.74) is -0.912. The monoisotopic (exact) mass is 405 g/mol. The summed E-state index contributed by atoms with van der Waals surface area (Å²) in [5.74, 6) is 0. The van der Waals surface area contributed by atoms with Gasteiger partial charge >= 0.3 is 6.09 Å². The van der Waals surface area contributed by atoms with Crippen LogP contribution in [0.3, 0.4) is 0 Å². The fourth-order valence-corrected chi connectivity index (χ4v) is 3.44. The van der Waals surface area contributed by atoms with Crippen molar-refractivity contribution in [1.29, 1.82) is 0 Å². The molecular formula is C21H31N3O3S. The number of carbonyl (C=O) groups excluding carboxylic acids is 1. The molecule has 28 heavy (non-hydrogen) atoms. The van der Waals surface area contributed by atoms with Crippen LogP contribution in [0.1, 0.15) is 41.0 Å². The van der Waals surface area contributed by atoms with E-state index < -0.39 is 5.60 Å². The SMILES string of the molecule is CC(C)(CN(CCCO)C(=O)OC(C)(C)C)NSc1ccc2cnccc2c1. The highest BCUT2D eigenvalue weighted by molar-refractivity contribution is 7.97. The third kappa shape index (κ3) is 7.30. The van der Waals surface area contributed by atoms with E-state index in [1.54, 1.807) is 11.1 Å². The van der Waals surface area contributed by atoms with Gasteiger partial charge in [-0.2, -0.15) is 0 Å². The number of nitrogens with one attached hydrogen (secondary N) is 1. The van der Waals surface area contributed by atoms with E-state index in [-0.39, 0.29) is 18.2 Å². The zero-order valence-electron chi connectivity index (χ0n) is 17.4. The normalized spacial score (nSPS) is 12.2. The van der Waals surface area contributed by atoms with Crippen LogP contribution in [0.4, 0.5) is 4.79 Å². The molecule has 0 saturated carbocycles. The highest BCUT2D eigenvalue weighted by Crippen LogP contribution is 2.24. The van der Waals surface area contributed by atoms with E-state index in [1.807, 2.05) is 52.9 Å². The van der Waals surface area contributed by atoms with E-state index in [0.717, 1.165) is 15.7 Å². The Hall–Kier alpha value is -1.83. The first-order chi connectivity index (χ1) is 13.1. The molecule has 0 aliphatic rings. The summed E-state index contributed by atoms with van der Waals surface area (Å²) < 4.78 is 8.97. The van der Waals surface area contributed by atoms with Crippen molar-refractivity contribution in [3.05, 3.63) is 36.7 Å². The average molecular weight is 406 g/mol. The molecule has 1 aromatic carbocycles. The van der Waals surface area contributed by atoms with Crippen LogP contribution < -0.4 is 4.72 Å². The van der Waals surface area contributed by atoms with Crippen molar-refractivity contribution in [2.24, 2.45) is 0 Å². The van der Waals surface area contributed by atoms with Gasteiger partial charge < -0.3 is 14.7 Å². The fourth-order valence-electron chi connectivity index (χ4n) is 2.65. The van der Waals surface area contributed by atoms with Crippen LogP contribution in [0.2, 0.25) is 0 Å². The van der Waals surface area contributed by atoms with Gasteiger partial charge in [0.25, 0.3) is 0 Å². The zero-order chi connectivity index (χ0) is 20.8. The minimum Gasteiger partial charge on any atom is -0.444 e. The lowest BCUT2D eigenvalue weighted by atomic mass is 10.1. The first kappa shape index (κ1) is 22.5. The Kier molecular flexibility index (Phi) is 7.69. The first-order valence-electron chi connectivity index (χ1n) is 9.46. The van der Waals surface area contributed by atoms with E-state index in [2.05, 4.69) is 21.8 Å². The molecule has 2 N–H and O–H groups in total. The third-order valence-electron chi connectivity index (χ3n) is 3.88. The minimum atomic E-state index is -0.555. The number of hydrogen-bond acceptors (Lipinski definition) is 6. The molecule has 154 valence electrons. The van der Waals surface area contributed by atoms with Crippen molar-refractivity contribution < 1.29 is 14.6 Å². The van der Waals surface area contributed by atoms with Gasteiger partial charge in [-0.25, -0.2) is 4.79 Å². The Balaban J connectivity index is 2.01. The summed E-state index contributed by atoms with van der Waals surface area (Å²) >= 11 is 1.53. The summed E-state index contributed by atoms with van der Waals surface area (Å²) in [5, 5.41) is 11.4. The molecule has 2 rings (SSSR count). The highest BCUT2D eigenvalue weighted by Gasteiger charge is 2.28. The van der Waals surface area contributed by atoms with Gasteiger partial charge in [-0.1, -0.05) is 6.07 Å². The second-order valence-electron chi connectivity index (χ2n) is 8.45. The van der Waals surface area contributed by atoms with E-state index in [4.69, 9.17) is 9.84 Å². The van der Waals surface area contributed by atoms with Crippen LogP contribution in [0.15, 0.2) is 41.6 Å². The zero-order valence-corrected chi connectivity index (χ0v) is 18.2. The smallest absolute Gasteiger partial charge is 0.410 e. The van der Waals surface area contributed by atoms with Crippen LogP contribution in [0.5, 0.6) is 0 Å². The fraction of sp³-hybridized carbons (Fsp3) is 0.524. The molecule has 6 nitrogen and oxygen atoms in total. The summed E-state index contributed by atoms with van der Waals surface area (Å²) in [7, 11) is 0. The largest absolute Gasteiger partial charge is 0.444 e. The number of fused-ring (bicyclic) bond motifs is 1. The number of rotatable bonds is 8. The van der Waals surface area contributed by atoms with Gasteiger partial charge in [0.05, 0.1) is 0 Å². The van der Waals surface area contributed by atoms with E-state index in [1.165, 1.54) is 11.9 Å². The van der Waals surface area contributed by atoms with Gasteiger partial charge in [0.1, 0.15) is 5.60 Å². The number of aliphatic hydroxyl groups excluding tert-OH is 1. The third-order valence-corrected chi connectivity index (χ3v) is 5.03. The Morgan fingerprint density at radius 2 is 1.96 bits per heavy atom. The Morgan fingerprint density at radius 1 is 1.21 bits per heavy atom. The van der Waals surface area contributed by atoms with Gasteiger partial charge in [-0.05, 0) is 76.6 Å². The summed E-state index contributed by atoms with van der Waals surface area (Å²) in [4.78, 5) is 19.4. The molecular weight excluding hydrogens is 374 g/mol. The van der Waals surface area contributed by atoms with Crippen LogP contribution >= 0.6 is 11.9 Å². The number of aliphatic hydroxyl groups is 1. The Bertz CT molecular complexity index is 790. The summed E-state index contributed by atoms with van der Waals surface area (Å²) in [6.45, 7) is 10.6. The van der Waals surface area contributed by atoms with Crippen LogP contribution in [0.25, 0.3) is 10.8 Å². The summed E-state index contributed by atoms with van der Waals surface area (Å²) in [6.07, 6.45) is 3.79. The van der Waals surface area contributed by atoms with Crippen molar-refractivity contribution in [2.75, 3.05) is 19.7 Å². The molecule has 0 aliphatic carbocycles. The van der Waals surface area contributed by atoms with Gasteiger partial charge in [0.2, 0.25) is 0 Å². The molecule has 1 aromatic heterocycles. The molecule has 1 amide bonds. The first-order valence-corrected chi connectivity index (χ1v) is 10.3.